The molecule has 142 valence electrons. The van der Waals surface area contributed by atoms with Crippen LogP contribution in [0.15, 0.2) is 108 Å². The fourth-order valence-electron chi connectivity index (χ4n) is 4.42. The molecule has 0 saturated carbocycles. The Bertz CT molecular complexity index is 1530. The van der Waals surface area contributed by atoms with Crippen molar-refractivity contribution in [1.82, 2.24) is 0 Å². The SMILES string of the molecule is Clc1ccc2c(c1)c1ccccc1c1c(-c3ccccc3)c(-c3ccccc3)oc21. The molecular weight excluding hydrogens is 388 g/mol. The van der Waals surface area contributed by atoms with Crippen LogP contribution in [0.4, 0.5) is 0 Å². The monoisotopic (exact) mass is 404 g/mol. The molecule has 0 radical (unpaired) electrons. The van der Waals surface area contributed by atoms with Gasteiger partial charge < -0.3 is 4.42 Å². The molecule has 5 aromatic carbocycles. The minimum Gasteiger partial charge on any atom is -0.455 e. The lowest BCUT2D eigenvalue weighted by atomic mass is 9.92. The summed E-state index contributed by atoms with van der Waals surface area (Å²) in [6.07, 6.45) is 0. The van der Waals surface area contributed by atoms with Crippen molar-refractivity contribution < 1.29 is 4.42 Å². The van der Waals surface area contributed by atoms with Crippen LogP contribution in [0, 0.1) is 0 Å². The van der Waals surface area contributed by atoms with Crippen LogP contribution in [-0.2, 0) is 0 Å². The predicted molar refractivity (Wildman–Crippen MR) is 127 cm³/mol. The molecule has 0 saturated heterocycles. The number of furan rings is 1. The first-order chi connectivity index (χ1) is 14.8. The van der Waals surface area contributed by atoms with E-state index in [1.807, 2.05) is 36.4 Å². The van der Waals surface area contributed by atoms with Crippen LogP contribution < -0.4 is 0 Å². The molecule has 0 bridgehead atoms. The second kappa shape index (κ2) is 6.76. The van der Waals surface area contributed by atoms with Crippen molar-refractivity contribution >= 4 is 44.1 Å². The van der Waals surface area contributed by atoms with E-state index in [2.05, 4.69) is 66.7 Å². The molecule has 0 aliphatic rings. The van der Waals surface area contributed by atoms with Crippen molar-refractivity contribution in [2.24, 2.45) is 0 Å². The van der Waals surface area contributed by atoms with E-state index in [0.717, 1.165) is 49.2 Å². The number of hydrogen-bond donors (Lipinski definition) is 0. The van der Waals surface area contributed by atoms with Gasteiger partial charge >= 0.3 is 0 Å². The highest BCUT2D eigenvalue weighted by molar-refractivity contribution is 6.34. The number of fused-ring (bicyclic) bond motifs is 6. The average molecular weight is 405 g/mol. The van der Waals surface area contributed by atoms with Crippen LogP contribution in [0.2, 0.25) is 5.02 Å². The molecule has 2 heteroatoms. The molecule has 1 nitrogen and oxygen atoms in total. The van der Waals surface area contributed by atoms with E-state index in [9.17, 15) is 0 Å². The maximum Gasteiger partial charge on any atom is 0.143 e. The Morgan fingerprint density at radius 2 is 1.17 bits per heavy atom. The lowest BCUT2D eigenvalue weighted by Crippen LogP contribution is -1.83. The van der Waals surface area contributed by atoms with E-state index in [-0.39, 0.29) is 0 Å². The zero-order chi connectivity index (χ0) is 20.1. The molecule has 1 heterocycles. The van der Waals surface area contributed by atoms with Gasteiger partial charge in [-0.3, -0.25) is 0 Å². The highest BCUT2D eigenvalue weighted by atomic mass is 35.5. The first-order valence-electron chi connectivity index (χ1n) is 9.98. The smallest absolute Gasteiger partial charge is 0.143 e. The molecular formula is C28H17ClO. The summed E-state index contributed by atoms with van der Waals surface area (Å²) in [4.78, 5) is 0. The van der Waals surface area contributed by atoms with Crippen LogP contribution in [0.1, 0.15) is 0 Å². The first-order valence-corrected chi connectivity index (χ1v) is 10.4. The summed E-state index contributed by atoms with van der Waals surface area (Å²) < 4.78 is 6.66. The molecule has 0 unspecified atom stereocenters. The van der Waals surface area contributed by atoms with Gasteiger partial charge in [-0.25, -0.2) is 0 Å². The Balaban J connectivity index is 1.89. The highest BCUT2D eigenvalue weighted by Crippen LogP contribution is 2.47. The standard InChI is InChI=1S/C28H17ClO/c29-20-15-16-23-24(17-20)21-13-7-8-14-22(21)26-25(18-9-3-1-4-10-18)27(30-28(23)26)19-11-5-2-6-12-19/h1-17H. The second-order valence-corrected chi connectivity index (χ2v) is 7.91. The van der Waals surface area contributed by atoms with Gasteiger partial charge in [0, 0.05) is 26.9 Å². The van der Waals surface area contributed by atoms with Crippen molar-refractivity contribution in [3.63, 3.8) is 0 Å². The Morgan fingerprint density at radius 1 is 0.533 bits per heavy atom. The first kappa shape index (κ1) is 17.3. The molecule has 30 heavy (non-hydrogen) atoms. The Morgan fingerprint density at radius 3 is 1.90 bits per heavy atom. The Kier molecular flexibility index (Phi) is 3.90. The van der Waals surface area contributed by atoms with E-state index >= 15 is 0 Å². The maximum atomic E-state index is 6.66. The molecule has 0 spiro atoms. The third-order valence-electron chi connectivity index (χ3n) is 5.72. The van der Waals surface area contributed by atoms with E-state index in [1.165, 1.54) is 10.8 Å². The van der Waals surface area contributed by atoms with E-state index in [4.69, 9.17) is 16.0 Å². The third-order valence-corrected chi connectivity index (χ3v) is 5.95. The van der Waals surface area contributed by atoms with Crippen LogP contribution in [0.25, 0.3) is 55.0 Å². The van der Waals surface area contributed by atoms with Crippen LogP contribution in [-0.4, -0.2) is 0 Å². The minimum atomic E-state index is 0.727. The van der Waals surface area contributed by atoms with Crippen molar-refractivity contribution in [3.05, 3.63) is 108 Å². The summed E-state index contributed by atoms with van der Waals surface area (Å²) >= 11 is 6.37. The van der Waals surface area contributed by atoms with Gasteiger partial charge in [-0.05, 0) is 39.9 Å². The zero-order valence-electron chi connectivity index (χ0n) is 16.1. The fourth-order valence-corrected chi connectivity index (χ4v) is 4.60. The summed E-state index contributed by atoms with van der Waals surface area (Å²) in [6, 6.07) is 35.4. The van der Waals surface area contributed by atoms with Gasteiger partial charge in [-0.2, -0.15) is 0 Å². The van der Waals surface area contributed by atoms with Gasteiger partial charge in [0.2, 0.25) is 0 Å². The van der Waals surface area contributed by atoms with Crippen molar-refractivity contribution in [2.45, 2.75) is 0 Å². The van der Waals surface area contributed by atoms with Gasteiger partial charge in [0.1, 0.15) is 11.3 Å². The van der Waals surface area contributed by atoms with Gasteiger partial charge in [0.05, 0.1) is 0 Å². The molecule has 0 N–H and O–H groups in total. The molecule has 0 fully saturated rings. The second-order valence-electron chi connectivity index (χ2n) is 7.48. The molecule has 6 aromatic rings. The van der Waals surface area contributed by atoms with E-state index < -0.39 is 0 Å². The fraction of sp³-hybridized carbons (Fsp3) is 0. The highest BCUT2D eigenvalue weighted by Gasteiger charge is 2.22. The number of halogens is 1. The maximum absolute atomic E-state index is 6.66. The number of rotatable bonds is 2. The summed E-state index contributed by atoms with van der Waals surface area (Å²) in [5, 5.41) is 6.41. The molecule has 1 aromatic heterocycles. The van der Waals surface area contributed by atoms with E-state index in [1.54, 1.807) is 0 Å². The molecule has 0 aliphatic carbocycles. The summed E-state index contributed by atoms with van der Waals surface area (Å²) in [5.74, 6) is 0.893. The number of hydrogen-bond acceptors (Lipinski definition) is 1. The third kappa shape index (κ3) is 2.56. The topological polar surface area (TPSA) is 13.1 Å². The van der Waals surface area contributed by atoms with Crippen molar-refractivity contribution in [2.75, 3.05) is 0 Å². The van der Waals surface area contributed by atoms with E-state index in [0.29, 0.717) is 0 Å². The normalized spacial score (nSPS) is 11.5. The van der Waals surface area contributed by atoms with Crippen molar-refractivity contribution in [3.8, 4) is 22.5 Å². The lowest BCUT2D eigenvalue weighted by Gasteiger charge is -2.08. The van der Waals surface area contributed by atoms with Gasteiger partial charge in [-0.15, -0.1) is 0 Å². The Hall–Kier alpha value is -3.55. The zero-order valence-corrected chi connectivity index (χ0v) is 16.9. The Labute approximate surface area is 179 Å². The average Bonchev–Trinajstić information content (AvgIpc) is 3.21. The van der Waals surface area contributed by atoms with Crippen LogP contribution in [0.5, 0.6) is 0 Å². The van der Waals surface area contributed by atoms with Gasteiger partial charge in [0.25, 0.3) is 0 Å². The summed E-state index contributed by atoms with van der Waals surface area (Å²) in [5.41, 5.74) is 4.25. The summed E-state index contributed by atoms with van der Waals surface area (Å²) in [7, 11) is 0. The van der Waals surface area contributed by atoms with Gasteiger partial charge in [-0.1, -0.05) is 96.5 Å². The molecule has 0 atom stereocenters. The largest absolute Gasteiger partial charge is 0.455 e. The predicted octanol–water partition coefficient (Wildman–Crippen LogP) is 8.73. The minimum absolute atomic E-state index is 0.727. The molecule has 6 rings (SSSR count). The van der Waals surface area contributed by atoms with Crippen molar-refractivity contribution in [1.29, 1.82) is 0 Å². The summed E-state index contributed by atoms with van der Waals surface area (Å²) in [6.45, 7) is 0. The van der Waals surface area contributed by atoms with Gasteiger partial charge in [0.15, 0.2) is 0 Å². The molecule has 0 aliphatic heterocycles. The van der Waals surface area contributed by atoms with Crippen LogP contribution >= 0.6 is 11.6 Å². The van der Waals surface area contributed by atoms with Crippen LogP contribution in [0.3, 0.4) is 0 Å². The number of benzene rings is 5. The quantitative estimate of drug-likeness (QED) is 0.263. The molecule has 0 amide bonds. The lowest BCUT2D eigenvalue weighted by molar-refractivity contribution is 0.636.